The van der Waals surface area contributed by atoms with Crippen molar-refractivity contribution < 1.29 is 18.0 Å². The van der Waals surface area contributed by atoms with Gasteiger partial charge in [-0.25, -0.2) is 8.42 Å². The number of benzene rings is 4. The van der Waals surface area contributed by atoms with Crippen LogP contribution in [0.15, 0.2) is 102 Å². The Morgan fingerprint density at radius 1 is 0.739 bits per heavy atom. The molecule has 0 radical (unpaired) electrons. The Morgan fingerprint density at radius 2 is 1.30 bits per heavy atom. The number of sulfonamides is 1. The molecule has 7 nitrogen and oxygen atoms in total. The Bertz CT molecular complexity index is 1760. The molecule has 0 saturated carbocycles. The summed E-state index contributed by atoms with van der Waals surface area (Å²) in [6, 6.07) is 28.6. The predicted molar refractivity (Wildman–Crippen MR) is 185 cm³/mol. The number of carbonyl (C=O) groups excluding carboxylic acids is 2. The molecule has 1 atom stereocenters. The van der Waals surface area contributed by atoms with Crippen LogP contribution in [0.1, 0.15) is 54.2 Å². The van der Waals surface area contributed by atoms with E-state index in [4.69, 9.17) is 0 Å². The van der Waals surface area contributed by atoms with Gasteiger partial charge in [0.2, 0.25) is 11.8 Å². The molecule has 8 heteroatoms. The molecule has 242 valence electrons. The van der Waals surface area contributed by atoms with E-state index in [0.717, 1.165) is 27.8 Å². The Labute approximate surface area is 274 Å². The van der Waals surface area contributed by atoms with Crippen LogP contribution in [0.25, 0.3) is 0 Å². The molecule has 0 heterocycles. The predicted octanol–water partition coefficient (Wildman–Crippen LogP) is 6.67. The first-order chi connectivity index (χ1) is 21.6. The topological polar surface area (TPSA) is 86.8 Å². The lowest BCUT2D eigenvalue weighted by molar-refractivity contribution is -0.140. The second-order valence-electron chi connectivity index (χ2n) is 13.1. The molecule has 4 aromatic rings. The van der Waals surface area contributed by atoms with E-state index in [1.165, 1.54) is 9.21 Å². The highest BCUT2D eigenvalue weighted by atomic mass is 32.2. The van der Waals surface area contributed by atoms with E-state index in [1.807, 2.05) is 115 Å². The van der Waals surface area contributed by atoms with E-state index in [-0.39, 0.29) is 23.8 Å². The third-order valence-electron chi connectivity index (χ3n) is 7.76. The summed E-state index contributed by atoms with van der Waals surface area (Å²) in [6.07, 6.45) is 0.258. The zero-order chi connectivity index (χ0) is 33.6. The summed E-state index contributed by atoms with van der Waals surface area (Å²) in [4.78, 5) is 30.3. The molecule has 4 aromatic carbocycles. The lowest BCUT2D eigenvalue weighted by Gasteiger charge is -2.35. The van der Waals surface area contributed by atoms with Crippen LogP contribution in [0.2, 0.25) is 0 Å². The van der Waals surface area contributed by atoms with E-state index in [0.29, 0.717) is 11.3 Å². The molecule has 1 N–H and O–H groups in total. The van der Waals surface area contributed by atoms with Crippen LogP contribution in [-0.4, -0.2) is 43.3 Å². The molecule has 0 spiro atoms. The monoisotopic (exact) mass is 639 g/mol. The van der Waals surface area contributed by atoms with E-state index in [1.54, 1.807) is 30.3 Å². The van der Waals surface area contributed by atoms with E-state index in [2.05, 4.69) is 5.32 Å². The minimum atomic E-state index is -4.17. The van der Waals surface area contributed by atoms with Crippen molar-refractivity contribution in [1.82, 2.24) is 10.2 Å². The third-order valence-corrected chi connectivity index (χ3v) is 9.54. The summed E-state index contributed by atoms with van der Waals surface area (Å²) < 4.78 is 29.8. The minimum absolute atomic E-state index is 0.0863. The minimum Gasteiger partial charge on any atom is -0.350 e. The van der Waals surface area contributed by atoms with Gasteiger partial charge in [0.1, 0.15) is 12.6 Å². The van der Waals surface area contributed by atoms with Crippen LogP contribution in [0, 0.1) is 27.7 Å². The Kier molecular flexibility index (Phi) is 10.7. The number of hydrogen-bond donors (Lipinski definition) is 1. The smallest absolute Gasteiger partial charge is 0.264 e. The Balaban J connectivity index is 1.84. The van der Waals surface area contributed by atoms with Gasteiger partial charge in [-0.15, -0.1) is 0 Å². The number of nitrogens with one attached hydrogen (secondary N) is 1. The van der Waals surface area contributed by atoms with Crippen LogP contribution in [0.3, 0.4) is 0 Å². The van der Waals surface area contributed by atoms with Crippen molar-refractivity contribution in [1.29, 1.82) is 0 Å². The average molecular weight is 640 g/mol. The molecule has 2 amide bonds. The second kappa shape index (κ2) is 14.3. The van der Waals surface area contributed by atoms with Gasteiger partial charge in [-0.1, -0.05) is 90.0 Å². The number of carbonyl (C=O) groups is 2. The van der Waals surface area contributed by atoms with Crippen LogP contribution < -0.4 is 9.62 Å². The molecule has 46 heavy (non-hydrogen) atoms. The molecular weight excluding hydrogens is 595 g/mol. The van der Waals surface area contributed by atoms with E-state index >= 15 is 0 Å². The number of rotatable bonds is 11. The zero-order valence-corrected chi connectivity index (χ0v) is 28.7. The van der Waals surface area contributed by atoms with Gasteiger partial charge >= 0.3 is 0 Å². The van der Waals surface area contributed by atoms with Crippen LogP contribution in [-0.2, 0) is 32.6 Å². The fourth-order valence-corrected chi connectivity index (χ4v) is 6.71. The molecule has 0 bridgehead atoms. The van der Waals surface area contributed by atoms with Crippen LogP contribution in [0.4, 0.5) is 5.69 Å². The van der Waals surface area contributed by atoms with Gasteiger partial charge in [-0.3, -0.25) is 13.9 Å². The fraction of sp³-hybridized carbons (Fsp3) is 0.316. The molecule has 0 saturated heterocycles. The number of hydrogen-bond acceptors (Lipinski definition) is 4. The van der Waals surface area contributed by atoms with Crippen molar-refractivity contribution in [3.8, 4) is 0 Å². The Hall–Kier alpha value is -4.43. The first kappa shape index (κ1) is 34.4. The van der Waals surface area contributed by atoms with Crippen molar-refractivity contribution >= 4 is 27.5 Å². The first-order valence-electron chi connectivity index (χ1n) is 15.5. The number of nitrogens with zero attached hydrogens (tertiary/aromatic N) is 2. The Morgan fingerprint density at radius 3 is 1.89 bits per heavy atom. The lowest BCUT2D eigenvalue weighted by atomic mass is 10.0. The van der Waals surface area contributed by atoms with Gasteiger partial charge < -0.3 is 10.2 Å². The van der Waals surface area contributed by atoms with Gasteiger partial charge in [0.15, 0.2) is 0 Å². The quantitative estimate of drug-likeness (QED) is 0.199. The molecule has 0 aliphatic rings. The van der Waals surface area contributed by atoms with Crippen molar-refractivity contribution in [2.75, 3.05) is 10.8 Å². The first-order valence-corrected chi connectivity index (χ1v) is 17.0. The maximum Gasteiger partial charge on any atom is 0.264 e. The van der Waals surface area contributed by atoms with Crippen LogP contribution >= 0.6 is 0 Å². The SMILES string of the molecule is Cc1ccc(CN(C(=O)CN(c2cc(C)ccc2C)S(=O)(=O)c2ccc(C)cc2)[C@H](Cc2ccccc2)C(=O)NC(C)(C)C)cc1. The van der Waals surface area contributed by atoms with Crippen molar-refractivity contribution in [3.63, 3.8) is 0 Å². The summed E-state index contributed by atoms with van der Waals surface area (Å²) in [5.74, 6) is -0.793. The highest BCUT2D eigenvalue weighted by Gasteiger charge is 2.36. The van der Waals surface area contributed by atoms with Gasteiger partial charge in [0, 0.05) is 18.5 Å². The molecule has 0 unspecified atom stereocenters. The summed E-state index contributed by atoms with van der Waals surface area (Å²) >= 11 is 0. The van der Waals surface area contributed by atoms with Gasteiger partial charge in [-0.2, -0.15) is 0 Å². The summed E-state index contributed by atoms with van der Waals surface area (Å²) in [5.41, 5.74) is 5.15. The highest BCUT2D eigenvalue weighted by Crippen LogP contribution is 2.29. The van der Waals surface area contributed by atoms with Crippen molar-refractivity contribution in [2.45, 2.75) is 77.9 Å². The maximum absolute atomic E-state index is 14.7. The molecule has 4 rings (SSSR count). The standard InChI is InChI=1S/C38H45N3O4S/c1-27-14-19-32(20-15-27)25-40(35(37(43)39-38(5,6)7)24-31-11-9-8-10-12-31)36(42)26-41(34-23-29(3)13-18-30(34)4)46(44,45)33-21-16-28(2)17-22-33/h8-23,35H,24-26H2,1-7H3,(H,39,43)/t35-/m1/s1. The van der Waals surface area contributed by atoms with Gasteiger partial charge in [0.25, 0.3) is 10.0 Å². The van der Waals surface area contributed by atoms with Crippen molar-refractivity contribution in [2.24, 2.45) is 0 Å². The maximum atomic E-state index is 14.7. The highest BCUT2D eigenvalue weighted by molar-refractivity contribution is 7.92. The van der Waals surface area contributed by atoms with Gasteiger partial charge in [-0.05, 0) is 88.9 Å². The summed E-state index contributed by atoms with van der Waals surface area (Å²) in [6.45, 7) is 12.9. The summed E-state index contributed by atoms with van der Waals surface area (Å²) in [5, 5.41) is 3.07. The normalized spacial score (nSPS) is 12.3. The van der Waals surface area contributed by atoms with Gasteiger partial charge in [0.05, 0.1) is 10.6 Å². The fourth-order valence-electron chi connectivity index (χ4n) is 5.24. The number of amides is 2. The van der Waals surface area contributed by atoms with Crippen LogP contribution in [0.5, 0.6) is 0 Å². The van der Waals surface area contributed by atoms with E-state index in [9.17, 15) is 18.0 Å². The lowest BCUT2D eigenvalue weighted by Crippen LogP contribution is -2.56. The average Bonchev–Trinajstić information content (AvgIpc) is 2.99. The van der Waals surface area contributed by atoms with Crippen molar-refractivity contribution in [3.05, 3.63) is 130 Å². The number of anilines is 1. The summed E-state index contributed by atoms with van der Waals surface area (Å²) in [7, 11) is -4.17. The number of aryl methyl sites for hydroxylation is 4. The largest absolute Gasteiger partial charge is 0.350 e. The molecule has 0 aliphatic carbocycles. The van der Waals surface area contributed by atoms with E-state index < -0.39 is 34.1 Å². The molecular formula is C38H45N3O4S. The zero-order valence-electron chi connectivity index (χ0n) is 27.9. The second-order valence-corrected chi connectivity index (χ2v) is 14.9. The molecule has 0 fully saturated rings. The molecule has 0 aliphatic heterocycles. The molecule has 0 aromatic heterocycles. The third kappa shape index (κ3) is 8.85.